The van der Waals surface area contributed by atoms with E-state index in [1.165, 1.54) is 6.07 Å². The molecule has 0 spiro atoms. The summed E-state index contributed by atoms with van der Waals surface area (Å²) >= 11 is 0. The van der Waals surface area contributed by atoms with Gasteiger partial charge >= 0.3 is 0 Å². The van der Waals surface area contributed by atoms with Crippen LogP contribution in [0.2, 0.25) is 0 Å². The van der Waals surface area contributed by atoms with Crippen LogP contribution in [0.15, 0.2) is 54.6 Å². The van der Waals surface area contributed by atoms with Gasteiger partial charge in [-0.3, -0.25) is 0 Å². The van der Waals surface area contributed by atoms with Crippen molar-refractivity contribution < 1.29 is 23.0 Å². The first kappa shape index (κ1) is 27.3. The summed E-state index contributed by atoms with van der Waals surface area (Å²) in [5.74, 6) is -1.05. The van der Waals surface area contributed by atoms with Crippen molar-refractivity contribution in [2.45, 2.75) is 77.2 Å². The van der Waals surface area contributed by atoms with Crippen molar-refractivity contribution in [2.75, 3.05) is 6.61 Å². The lowest BCUT2D eigenvalue weighted by molar-refractivity contribution is 0.0727. The maximum absolute atomic E-state index is 15.0. The van der Waals surface area contributed by atoms with Crippen LogP contribution in [-0.2, 0) is 12.8 Å². The third kappa shape index (κ3) is 6.56. The molecule has 1 saturated carbocycles. The minimum absolute atomic E-state index is 0.00386. The van der Waals surface area contributed by atoms with E-state index in [-0.39, 0.29) is 23.8 Å². The summed E-state index contributed by atoms with van der Waals surface area (Å²) < 4.78 is 49.9. The molecule has 0 saturated heterocycles. The largest absolute Gasteiger partial charge is 0.494 e. The first-order chi connectivity index (χ1) is 17.9. The van der Waals surface area contributed by atoms with Crippen LogP contribution in [0, 0.1) is 23.4 Å². The third-order valence-electron chi connectivity index (χ3n) is 7.73. The molecule has 3 aromatic rings. The first-order valence-corrected chi connectivity index (χ1v) is 13.6. The highest BCUT2D eigenvalue weighted by molar-refractivity contribution is 5.65. The Morgan fingerprint density at radius 3 is 2.24 bits per heavy atom. The molecular weight excluding hydrogens is 473 g/mol. The molecule has 1 aliphatic carbocycles. The average Bonchev–Trinajstić information content (AvgIpc) is 2.90. The summed E-state index contributed by atoms with van der Waals surface area (Å²) in [6.45, 7) is 4.39. The SMILES string of the molecule is CCCC(O)C1CCC(c2ccc(CCc3ccc(-c4ccc(OCC)cc4F)cc3)c(F)c2F)CC1. The summed E-state index contributed by atoms with van der Waals surface area (Å²) in [6, 6.07) is 15.8. The highest BCUT2D eigenvalue weighted by Gasteiger charge is 2.29. The predicted octanol–water partition coefficient (Wildman–Crippen LogP) is 8.39. The highest BCUT2D eigenvalue weighted by atomic mass is 19.2. The number of ether oxygens (including phenoxy) is 1. The lowest BCUT2D eigenvalue weighted by atomic mass is 9.75. The molecule has 1 N–H and O–H groups in total. The number of aliphatic hydroxyl groups excluding tert-OH is 1. The maximum Gasteiger partial charge on any atom is 0.162 e. The fraction of sp³-hybridized carbons (Fsp3) is 0.438. The van der Waals surface area contributed by atoms with E-state index in [0.29, 0.717) is 41.9 Å². The van der Waals surface area contributed by atoms with E-state index >= 15 is 4.39 Å². The van der Waals surface area contributed by atoms with E-state index < -0.39 is 11.6 Å². The van der Waals surface area contributed by atoms with Gasteiger partial charge in [-0.25, -0.2) is 13.2 Å². The lowest BCUT2D eigenvalue weighted by Crippen LogP contribution is -2.25. The Morgan fingerprint density at radius 1 is 0.865 bits per heavy atom. The van der Waals surface area contributed by atoms with Crippen LogP contribution >= 0.6 is 0 Å². The van der Waals surface area contributed by atoms with Gasteiger partial charge in [0.2, 0.25) is 0 Å². The molecule has 0 aliphatic heterocycles. The van der Waals surface area contributed by atoms with Crippen LogP contribution in [0.25, 0.3) is 11.1 Å². The van der Waals surface area contributed by atoms with Crippen LogP contribution in [0.4, 0.5) is 13.2 Å². The molecule has 37 heavy (non-hydrogen) atoms. The number of aryl methyl sites for hydroxylation is 2. The standard InChI is InChI=1S/C32H37F3O2/c1-3-5-30(36)24-14-12-23(13-15-24)28-18-16-25(31(34)32(28)35)11-8-21-6-9-22(10-7-21)27-19-17-26(37-4-2)20-29(27)33/h6-7,9-10,16-20,23-24,30,36H,3-5,8,11-15H2,1-2H3. The van der Waals surface area contributed by atoms with E-state index in [2.05, 4.69) is 6.92 Å². The molecule has 0 heterocycles. The van der Waals surface area contributed by atoms with Crippen molar-refractivity contribution in [3.8, 4) is 16.9 Å². The van der Waals surface area contributed by atoms with Crippen LogP contribution in [0.5, 0.6) is 5.75 Å². The molecule has 2 nitrogen and oxygen atoms in total. The van der Waals surface area contributed by atoms with Crippen LogP contribution in [-0.4, -0.2) is 17.8 Å². The third-order valence-corrected chi connectivity index (χ3v) is 7.73. The fourth-order valence-corrected chi connectivity index (χ4v) is 5.58. The topological polar surface area (TPSA) is 29.5 Å². The van der Waals surface area contributed by atoms with E-state index in [1.807, 2.05) is 31.2 Å². The molecule has 0 amide bonds. The van der Waals surface area contributed by atoms with Gasteiger partial charge in [-0.2, -0.15) is 0 Å². The van der Waals surface area contributed by atoms with Crippen molar-refractivity contribution >= 4 is 0 Å². The first-order valence-electron chi connectivity index (χ1n) is 13.6. The molecule has 4 rings (SSSR count). The fourth-order valence-electron chi connectivity index (χ4n) is 5.58. The van der Waals surface area contributed by atoms with Gasteiger partial charge in [-0.05, 0) is 98.1 Å². The predicted molar refractivity (Wildman–Crippen MR) is 142 cm³/mol. The molecule has 1 unspecified atom stereocenters. The van der Waals surface area contributed by atoms with E-state index in [1.54, 1.807) is 24.3 Å². The minimum Gasteiger partial charge on any atom is -0.494 e. The zero-order valence-corrected chi connectivity index (χ0v) is 21.8. The molecule has 0 radical (unpaired) electrons. The van der Waals surface area contributed by atoms with E-state index in [4.69, 9.17) is 4.74 Å². The van der Waals surface area contributed by atoms with Gasteiger partial charge in [0, 0.05) is 11.6 Å². The van der Waals surface area contributed by atoms with Crippen molar-refractivity contribution in [1.29, 1.82) is 0 Å². The lowest BCUT2D eigenvalue weighted by Gasteiger charge is -2.32. The second-order valence-electron chi connectivity index (χ2n) is 10.2. The van der Waals surface area contributed by atoms with E-state index in [0.717, 1.165) is 49.7 Å². The Hall–Kier alpha value is -2.79. The number of benzene rings is 3. The summed E-state index contributed by atoms with van der Waals surface area (Å²) in [6.07, 6.45) is 5.67. The van der Waals surface area contributed by atoms with Crippen molar-refractivity contribution in [3.05, 3.63) is 88.7 Å². The van der Waals surface area contributed by atoms with Gasteiger partial charge in [-0.15, -0.1) is 0 Å². The second-order valence-corrected chi connectivity index (χ2v) is 10.2. The summed E-state index contributed by atoms with van der Waals surface area (Å²) in [5.41, 5.74) is 3.06. The van der Waals surface area contributed by atoms with Crippen LogP contribution < -0.4 is 4.74 Å². The quantitative estimate of drug-likeness (QED) is 0.297. The number of hydrogen-bond acceptors (Lipinski definition) is 2. The van der Waals surface area contributed by atoms with E-state index in [9.17, 15) is 13.9 Å². The summed E-state index contributed by atoms with van der Waals surface area (Å²) in [4.78, 5) is 0. The monoisotopic (exact) mass is 510 g/mol. The zero-order chi connectivity index (χ0) is 26.4. The Bertz CT molecular complexity index is 1170. The Labute approximate surface area is 218 Å². The normalized spacial score (nSPS) is 18.5. The Balaban J connectivity index is 1.37. The Morgan fingerprint density at radius 2 is 1.59 bits per heavy atom. The molecule has 1 fully saturated rings. The van der Waals surface area contributed by atoms with Crippen molar-refractivity contribution in [1.82, 2.24) is 0 Å². The highest BCUT2D eigenvalue weighted by Crippen LogP contribution is 2.39. The molecule has 3 aromatic carbocycles. The average molecular weight is 511 g/mol. The molecule has 198 valence electrons. The molecule has 5 heteroatoms. The minimum atomic E-state index is -0.751. The molecule has 1 atom stereocenters. The molecular formula is C32H37F3O2. The number of aliphatic hydroxyl groups is 1. The number of halogens is 3. The summed E-state index contributed by atoms with van der Waals surface area (Å²) in [5, 5.41) is 10.3. The maximum atomic E-state index is 15.0. The van der Waals surface area contributed by atoms with Gasteiger partial charge in [-0.1, -0.05) is 49.7 Å². The van der Waals surface area contributed by atoms with Crippen LogP contribution in [0.1, 0.15) is 75.0 Å². The van der Waals surface area contributed by atoms with Gasteiger partial charge in [0.15, 0.2) is 11.6 Å². The molecule has 1 aliphatic rings. The van der Waals surface area contributed by atoms with Crippen LogP contribution in [0.3, 0.4) is 0 Å². The Kier molecular flexibility index (Phi) is 9.31. The van der Waals surface area contributed by atoms with Crippen molar-refractivity contribution in [2.24, 2.45) is 5.92 Å². The second kappa shape index (κ2) is 12.6. The summed E-state index contributed by atoms with van der Waals surface area (Å²) in [7, 11) is 0. The number of rotatable bonds is 10. The van der Waals surface area contributed by atoms with Gasteiger partial charge in [0.1, 0.15) is 11.6 Å². The zero-order valence-electron chi connectivity index (χ0n) is 21.8. The smallest absolute Gasteiger partial charge is 0.162 e. The van der Waals surface area contributed by atoms with Gasteiger partial charge in [0.25, 0.3) is 0 Å². The molecule has 0 bridgehead atoms. The van der Waals surface area contributed by atoms with Gasteiger partial charge < -0.3 is 9.84 Å². The van der Waals surface area contributed by atoms with Gasteiger partial charge in [0.05, 0.1) is 12.7 Å². The molecule has 0 aromatic heterocycles. The number of hydrogen-bond donors (Lipinski definition) is 1. The van der Waals surface area contributed by atoms with Crippen molar-refractivity contribution in [3.63, 3.8) is 0 Å².